The molecule has 0 saturated carbocycles. The van der Waals surface area contributed by atoms with Crippen LogP contribution >= 0.6 is 0 Å². The molecule has 0 aromatic carbocycles. The van der Waals surface area contributed by atoms with Crippen LogP contribution in [-0.2, 0) is 4.79 Å². The molecule has 1 atom stereocenters. The Morgan fingerprint density at radius 1 is 1.64 bits per heavy atom. The van der Waals surface area contributed by atoms with E-state index in [-0.39, 0.29) is 51.4 Å². The summed E-state index contributed by atoms with van der Waals surface area (Å²) in [6.45, 7) is 6.43. The van der Waals surface area contributed by atoms with Gasteiger partial charge in [-0.25, -0.2) is 0 Å². The van der Waals surface area contributed by atoms with Crippen molar-refractivity contribution in [2.45, 2.75) is 25.3 Å². The fourth-order valence-corrected chi connectivity index (χ4v) is 1.66. The summed E-state index contributed by atoms with van der Waals surface area (Å²) in [4.78, 5) is 13.2. The Kier molecular flexibility index (Phi) is 9.12. The first kappa shape index (κ1) is 15.2. The van der Waals surface area contributed by atoms with Crippen molar-refractivity contribution in [1.82, 2.24) is 10.2 Å². The van der Waals surface area contributed by atoms with Crippen LogP contribution in [0.5, 0.6) is 0 Å². The zero-order chi connectivity index (χ0) is 9.68. The van der Waals surface area contributed by atoms with E-state index in [0.717, 1.165) is 25.9 Å². The van der Waals surface area contributed by atoms with Crippen LogP contribution in [0, 0.1) is 6.92 Å². The Morgan fingerprint density at radius 2 is 2.36 bits per heavy atom. The van der Waals surface area contributed by atoms with Gasteiger partial charge >= 0.3 is 51.4 Å². The van der Waals surface area contributed by atoms with Crippen LogP contribution in [0.4, 0.5) is 0 Å². The fraction of sp³-hybridized carbons (Fsp3) is 0.800. The minimum Gasteiger partial charge on any atom is -0.343 e. The minimum atomic E-state index is 0. The summed E-state index contributed by atoms with van der Waals surface area (Å²) < 4.78 is 0. The maximum absolute atomic E-state index is 11.0. The van der Waals surface area contributed by atoms with E-state index in [4.69, 9.17) is 0 Å². The van der Waals surface area contributed by atoms with Crippen LogP contribution < -0.4 is 56.7 Å². The second-order valence-corrected chi connectivity index (χ2v) is 3.79. The molecule has 1 saturated heterocycles. The third kappa shape index (κ3) is 5.95. The molecule has 3 nitrogen and oxygen atoms in total. The van der Waals surface area contributed by atoms with Crippen molar-refractivity contribution < 1.29 is 56.2 Å². The van der Waals surface area contributed by atoms with E-state index in [9.17, 15) is 4.79 Å². The standard InChI is InChI=1S/C10H19N2O.K/c1-3-4-5-12(2)8-9-6-10(13)7-11-9;/h9,11H,1,3-8H2,2H3;/q-1;+1. The van der Waals surface area contributed by atoms with E-state index < -0.39 is 0 Å². The number of hydrogen-bond donors (Lipinski definition) is 1. The number of rotatable bonds is 5. The third-order valence-electron chi connectivity index (χ3n) is 2.38. The van der Waals surface area contributed by atoms with Crippen LogP contribution in [0.25, 0.3) is 0 Å². The van der Waals surface area contributed by atoms with Crippen molar-refractivity contribution in [3.8, 4) is 0 Å². The van der Waals surface area contributed by atoms with E-state index in [2.05, 4.69) is 24.2 Å². The number of hydrogen-bond acceptors (Lipinski definition) is 3. The zero-order valence-corrected chi connectivity index (χ0v) is 12.5. The second kappa shape index (κ2) is 8.39. The Balaban J connectivity index is 0.00000169. The van der Waals surface area contributed by atoms with Gasteiger partial charge in [0.05, 0.1) is 6.54 Å². The van der Waals surface area contributed by atoms with Gasteiger partial charge in [0.1, 0.15) is 5.78 Å². The molecule has 14 heavy (non-hydrogen) atoms. The predicted molar refractivity (Wildman–Crippen MR) is 53.5 cm³/mol. The average Bonchev–Trinajstić information content (AvgIpc) is 2.48. The van der Waals surface area contributed by atoms with Crippen LogP contribution in [0.1, 0.15) is 19.3 Å². The van der Waals surface area contributed by atoms with Crippen LogP contribution in [0.2, 0.25) is 0 Å². The molecule has 4 heteroatoms. The molecule has 0 radical (unpaired) electrons. The maximum atomic E-state index is 11.0. The van der Waals surface area contributed by atoms with Gasteiger partial charge in [0.2, 0.25) is 0 Å². The van der Waals surface area contributed by atoms with Gasteiger partial charge in [-0.3, -0.25) is 4.79 Å². The largest absolute Gasteiger partial charge is 1.00 e. The number of carbonyl (C=O) groups excluding carboxylic acids is 1. The monoisotopic (exact) mass is 222 g/mol. The maximum Gasteiger partial charge on any atom is 1.00 e. The normalized spacial score (nSPS) is 21.4. The number of ketones is 1. The van der Waals surface area contributed by atoms with Crippen molar-refractivity contribution in [2.24, 2.45) is 0 Å². The number of carbonyl (C=O) groups is 1. The summed E-state index contributed by atoms with van der Waals surface area (Å²) >= 11 is 0. The van der Waals surface area contributed by atoms with Crippen LogP contribution in [0.15, 0.2) is 0 Å². The summed E-state index contributed by atoms with van der Waals surface area (Å²) in [5, 5.41) is 3.21. The van der Waals surface area contributed by atoms with Gasteiger partial charge in [-0.2, -0.15) is 6.42 Å². The number of likely N-dealkylation sites (N-methyl/N-ethyl adjacent to an activating group) is 1. The first-order valence-electron chi connectivity index (χ1n) is 4.95. The third-order valence-corrected chi connectivity index (χ3v) is 2.38. The van der Waals surface area contributed by atoms with Gasteiger partial charge in [0.15, 0.2) is 0 Å². The molecule has 1 aliphatic heterocycles. The quantitative estimate of drug-likeness (QED) is 0.411. The molecule has 0 aromatic rings. The molecule has 1 unspecified atom stereocenters. The average molecular weight is 222 g/mol. The van der Waals surface area contributed by atoms with Crippen molar-refractivity contribution in [3.05, 3.63) is 6.92 Å². The van der Waals surface area contributed by atoms with E-state index in [1.165, 1.54) is 0 Å². The summed E-state index contributed by atoms with van der Waals surface area (Å²) in [5.74, 6) is 0.343. The first-order valence-corrected chi connectivity index (χ1v) is 4.95. The van der Waals surface area contributed by atoms with E-state index >= 15 is 0 Å². The van der Waals surface area contributed by atoms with Crippen molar-refractivity contribution in [1.29, 1.82) is 0 Å². The first-order chi connectivity index (χ1) is 6.22. The number of nitrogens with one attached hydrogen (secondary N) is 1. The molecule has 1 aliphatic rings. The molecule has 0 aromatic heterocycles. The molecular formula is C10H19KN2O. The second-order valence-electron chi connectivity index (χ2n) is 3.79. The topological polar surface area (TPSA) is 32.3 Å². The van der Waals surface area contributed by atoms with Gasteiger partial charge in [-0.15, -0.1) is 0 Å². The number of unbranched alkanes of at least 4 members (excludes halogenated alkanes) is 1. The minimum absolute atomic E-state index is 0. The van der Waals surface area contributed by atoms with Gasteiger partial charge in [0, 0.05) is 19.0 Å². The summed E-state index contributed by atoms with van der Waals surface area (Å²) in [6.07, 6.45) is 2.83. The molecule has 0 amide bonds. The Hall–Kier alpha value is 1.23. The Morgan fingerprint density at radius 3 is 2.86 bits per heavy atom. The van der Waals surface area contributed by atoms with Gasteiger partial charge in [0.25, 0.3) is 0 Å². The van der Waals surface area contributed by atoms with Gasteiger partial charge in [-0.05, 0) is 13.6 Å². The summed E-state index contributed by atoms with van der Waals surface area (Å²) in [5.41, 5.74) is 0. The smallest absolute Gasteiger partial charge is 0.343 e. The molecule has 1 N–H and O–H groups in total. The van der Waals surface area contributed by atoms with E-state index in [1.54, 1.807) is 0 Å². The molecule has 0 bridgehead atoms. The number of nitrogens with zero attached hydrogens (tertiary/aromatic N) is 1. The van der Waals surface area contributed by atoms with Crippen molar-refractivity contribution in [2.75, 3.05) is 26.7 Å². The fourth-order valence-electron chi connectivity index (χ4n) is 1.66. The van der Waals surface area contributed by atoms with Crippen molar-refractivity contribution in [3.63, 3.8) is 0 Å². The van der Waals surface area contributed by atoms with E-state index in [0.29, 0.717) is 24.8 Å². The van der Waals surface area contributed by atoms with Gasteiger partial charge < -0.3 is 17.1 Å². The summed E-state index contributed by atoms with van der Waals surface area (Å²) in [6, 6.07) is 0.377. The van der Waals surface area contributed by atoms with Crippen LogP contribution in [-0.4, -0.2) is 43.4 Å². The number of Topliss-reactive ketones (excluding diaryl/α,β-unsaturated/α-hetero) is 1. The molecule has 0 aliphatic carbocycles. The molecule has 76 valence electrons. The molecule has 1 rings (SSSR count). The Bertz CT molecular complexity index is 176. The molecule has 1 fully saturated rings. The summed E-state index contributed by atoms with van der Waals surface area (Å²) in [7, 11) is 2.10. The predicted octanol–water partition coefficient (Wildman–Crippen LogP) is -2.53. The van der Waals surface area contributed by atoms with Crippen molar-refractivity contribution >= 4 is 5.78 Å². The zero-order valence-electron chi connectivity index (χ0n) is 9.38. The van der Waals surface area contributed by atoms with Gasteiger partial charge in [-0.1, -0.05) is 6.42 Å². The molecule has 1 heterocycles. The van der Waals surface area contributed by atoms with Crippen LogP contribution in [0.3, 0.4) is 0 Å². The Labute approximate surface area is 129 Å². The SMILES string of the molecule is [CH2-]CCCN(C)CC1CC(=O)CN1.[K+]. The van der Waals surface area contributed by atoms with E-state index in [1.807, 2.05) is 0 Å². The molecule has 0 spiro atoms. The molecular weight excluding hydrogens is 203 g/mol.